The molecule has 86 valence electrons. The zero-order valence-corrected chi connectivity index (χ0v) is 11.0. The van der Waals surface area contributed by atoms with Gasteiger partial charge < -0.3 is 0 Å². The van der Waals surface area contributed by atoms with Gasteiger partial charge >= 0.3 is 0 Å². The average Bonchev–Trinajstić information content (AvgIpc) is 3.04. The van der Waals surface area contributed by atoms with Gasteiger partial charge in [-0.3, -0.25) is 0 Å². The van der Waals surface area contributed by atoms with Crippen LogP contribution in [0.15, 0.2) is 38.6 Å². The van der Waals surface area contributed by atoms with Crippen LogP contribution >= 0.6 is 34.4 Å². The molecule has 0 unspecified atom stereocenters. The molecule has 8 heteroatoms. The third kappa shape index (κ3) is 2.54. The van der Waals surface area contributed by atoms with E-state index in [1.165, 1.54) is 16.6 Å². The first-order valence-electron chi connectivity index (χ1n) is 4.78. The normalized spacial score (nSPS) is 10.8. The van der Waals surface area contributed by atoms with Crippen LogP contribution < -0.4 is 0 Å². The molecule has 3 aromatic rings. The minimum absolute atomic E-state index is 0.707. The maximum atomic E-state index is 4.20. The molecule has 0 bridgehead atoms. The lowest BCUT2D eigenvalue weighted by atomic mass is 10.5. The summed E-state index contributed by atoms with van der Waals surface area (Å²) >= 11 is 4.77. The Morgan fingerprint density at radius 3 is 3.06 bits per heavy atom. The highest BCUT2D eigenvalue weighted by Crippen LogP contribution is 2.27. The summed E-state index contributed by atoms with van der Waals surface area (Å²) in [6, 6.07) is 4.10. The van der Waals surface area contributed by atoms with Gasteiger partial charge in [-0.15, -0.1) is 27.8 Å². The molecule has 3 aromatic heterocycles. The Balaban J connectivity index is 1.79. The average molecular weight is 281 g/mol. The van der Waals surface area contributed by atoms with Gasteiger partial charge in [0.15, 0.2) is 4.34 Å². The van der Waals surface area contributed by atoms with Crippen LogP contribution in [0.2, 0.25) is 0 Å². The Bertz CT molecular complexity index is 521. The van der Waals surface area contributed by atoms with Gasteiger partial charge in [0, 0.05) is 16.5 Å². The molecular weight excluding hydrogens is 274 g/mol. The molecule has 5 nitrogen and oxygen atoms in total. The molecule has 0 aliphatic carbocycles. The summed E-state index contributed by atoms with van der Waals surface area (Å²) in [4.78, 5) is 5.44. The van der Waals surface area contributed by atoms with Gasteiger partial charge in [0.05, 0.1) is 6.54 Å². The van der Waals surface area contributed by atoms with Crippen molar-refractivity contribution >= 4 is 34.4 Å². The third-order valence-electron chi connectivity index (χ3n) is 1.97. The van der Waals surface area contributed by atoms with E-state index in [0.717, 1.165) is 9.50 Å². The van der Waals surface area contributed by atoms with Gasteiger partial charge in [-0.05, 0) is 33.6 Å². The van der Waals surface area contributed by atoms with E-state index in [9.17, 15) is 0 Å². The number of rotatable bonds is 4. The van der Waals surface area contributed by atoms with E-state index in [1.54, 1.807) is 33.6 Å². The SMILES string of the molecule is c1csc(Cn2nnnc2Sc2nccs2)c1. The van der Waals surface area contributed by atoms with Crippen LogP contribution in [0.4, 0.5) is 0 Å². The van der Waals surface area contributed by atoms with Crippen LogP contribution in [0.3, 0.4) is 0 Å². The molecule has 0 aromatic carbocycles. The third-order valence-corrected chi connectivity index (χ3v) is 4.69. The summed E-state index contributed by atoms with van der Waals surface area (Å²) < 4.78 is 2.74. The lowest BCUT2D eigenvalue weighted by Crippen LogP contribution is -2.02. The highest BCUT2D eigenvalue weighted by Gasteiger charge is 2.10. The first-order valence-corrected chi connectivity index (χ1v) is 7.35. The smallest absolute Gasteiger partial charge is 0.216 e. The minimum atomic E-state index is 0.707. The van der Waals surface area contributed by atoms with Crippen molar-refractivity contribution in [2.75, 3.05) is 0 Å². The number of thiophene rings is 1. The second-order valence-corrected chi connectivity index (χ2v) is 6.24. The van der Waals surface area contributed by atoms with Crippen molar-refractivity contribution in [3.05, 3.63) is 34.0 Å². The van der Waals surface area contributed by atoms with Crippen LogP contribution in [-0.2, 0) is 6.54 Å². The van der Waals surface area contributed by atoms with Crippen LogP contribution in [-0.4, -0.2) is 25.2 Å². The van der Waals surface area contributed by atoms with Gasteiger partial charge in [0.1, 0.15) is 0 Å². The Labute approximate surface area is 110 Å². The van der Waals surface area contributed by atoms with Crippen molar-refractivity contribution < 1.29 is 0 Å². The summed E-state index contributed by atoms with van der Waals surface area (Å²) in [5, 5.41) is 16.5. The zero-order valence-electron chi connectivity index (χ0n) is 8.55. The number of hydrogen-bond donors (Lipinski definition) is 0. The summed E-state index contributed by atoms with van der Waals surface area (Å²) in [6.45, 7) is 0.707. The summed E-state index contributed by atoms with van der Waals surface area (Å²) in [5.41, 5.74) is 0. The maximum Gasteiger partial charge on any atom is 0.216 e. The fourth-order valence-electron chi connectivity index (χ4n) is 1.26. The number of tetrazole rings is 1. The van der Waals surface area contributed by atoms with Crippen LogP contribution in [0.1, 0.15) is 4.88 Å². The van der Waals surface area contributed by atoms with E-state index in [-0.39, 0.29) is 0 Å². The Kier molecular flexibility index (Phi) is 3.16. The van der Waals surface area contributed by atoms with Crippen molar-refractivity contribution in [2.24, 2.45) is 0 Å². The molecular formula is C9H7N5S3. The van der Waals surface area contributed by atoms with E-state index >= 15 is 0 Å². The standard InChI is InChI=1S/C9H7N5S3/c1-2-7(15-4-1)6-14-8(11-12-13-14)17-9-10-3-5-16-9/h1-5H,6H2. The van der Waals surface area contributed by atoms with Gasteiger partial charge in [0.2, 0.25) is 5.16 Å². The first kappa shape index (κ1) is 10.9. The predicted molar refractivity (Wildman–Crippen MR) is 67.5 cm³/mol. The highest BCUT2D eigenvalue weighted by atomic mass is 32.2. The molecule has 0 fully saturated rings. The summed E-state index contributed by atoms with van der Waals surface area (Å²) in [6.07, 6.45) is 1.78. The van der Waals surface area contributed by atoms with Crippen molar-refractivity contribution in [1.82, 2.24) is 25.2 Å². The van der Waals surface area contributed by atoms with Gasteiger partial charge in [-0.25, -0.2) is 9.67 Å². The second-order valence-electron chi connectivity index (χ2n) is 3.10. The quantitative estimate of drug-likeness (QED) is 0.735. The van der Waals surface area contributed by atoms with E-state index in [1.807, 2.05) is 16.8 Å². The van der Waals surface area contributed by atoms with Gasteiger partial charge in [0.25, 0.3) is 0 Å². The van der Waals surface area contributed by atoms with Crippen LogP contribution in [0.25, 0.3) is 0 Å². The monoisotopic (exact) mass is 281 g/mol. The molecule has 0 aliphatic rings. The van der Waals surface area contributed by atoms with Crippen molar-refractivity contribution in [2.45, 2.75) is 16.0 Å². The second kappa shape index (κ2) is 4.94. The largest absolute Gasteiger partial charge is 0.238 e. The predicted octanol–water partition coefficient (Wildman–Crippen LogP) is 2.39. The molecule has 0 N–H and O–H groups in total. The molecule has 3 rings (SSSR count). The highest BCUT2D eigenvalue weighted by molar-refractivity contribution is 8.00. The molecule has 0 atom stereocenters. The van der Waals surface area contributed by atoms with Crippen molar-refractivity contribution in [1.29, 1.82) is 0 Å². The summed E-state index contributed by atoms with van der Waals surface area (Å²) in [7, 11) is 0. The molecule has 3 heterocycles. The number of nitrogens with zero attached hydrogens (tertiary/aromatic N) is 5. The van der Waals surface area contributed by atoms with E-state index < -0.39 is 0 Å². The van der Waals surface area contributed by atoms with Crippen molar-refractivity contribution in [3.8, 4) is 0 Å². The lowest BCUT2D eigenvalue weighted by molar-refractivity contribution is 0.608. The molecule has 0 saturated heterocycles. The molecule has 0 amide bonds. The van der Waals surface area contributed by atoms with Crippen molar-refractivity contribution in [3.63, 3.8) is 0 Å². The molecule has 0 aliphatic heterocycles. The molecule has 0 radical (unpaired) electrons. The fraction of sp³-hybridized carbons (Fsp3) is 0.111. The van der Waals surface area contributed by atoms with Crippen LogP contribution in [0.5, 0.6) is 0 Å². The molecule has 17 heavy (non-hydrogen) atoms. The Morgan fingerprint density at radius 2 is 2.29 bits per heavy atom. The fourth-order valence-corrected chi connectivity index (χ4v) is 3.44. The Morgan fingerprint density at radius 1 is 1.29 bits per heavy atom. The topological polar surface area (TPSA) is 56.5 Å². The number of thiazole rings is 1. The number of hydrogen-bond acceptors (Lipinski definition) is 7. The lowest BCUT2D eigenvalue weighted by Gasteiger charge is -2.00. The summed E-state index contributed by atoms with van der Waals surface area (Å²) in [5.74, 6) is 0. The van der Waals surface area contributed by atoms with Gasteiger partial charge in [-0.1, -0.05) is 6.07 Å². The molecule has 0 spiro atoms. The zero-order chi connectivity index (χ0) is 11.5. The first-order chi connectivity index (χ1) is 8.42. The van der Waals surface area contributed by atoms with Crippen LogP contribution in [0, 0.1) is 0 Å². The van der Waals surface area contributed by atoms with E-state index in [4.69, 9.17) is 0 Å². The molecule has 0 saturated carbocycles. The van der Waals surface area contributed by atoms with E-state index in [0.29, 0.717) is 6.54 Å². The van der Waals surface area contributed by atoms with Gasteiger partial charge in [-0.2, -0.15) is 0 Å². The Hall–Kier alpha value is -1.25. The number of aromatic nitrogens is 5. The minimum Gasteiger partial charge on any atom is -0.238 e. The van der Waals surface area contributed by atoms with E-state index in [2.05, 4.69) is 26.6 Å². The maximum absolute atomic E-state index is 4.20.